The summed E-state index contributed by atoms with van der Waals surface area (Å²) < 4.78 is 18.5. The Bertz CT molecular complexity index is 373. The van der Waals surface area contributed by atoms with Gasteiger partial charge in [0.2, 0.25) is 0 Å². The largest absolute Gasteiger partial charge is 0.382 e. The van der Waals surface area contributed by atoms with E-state index in [0.717, 1.165) is 24.9 Å². The fourth-order valence-corrected chi connectivity index (χ4v) is 2.16. The van der Waals surface area contributed by atoms with Gasteiger partial charge in [0.05, 0.1) is 6.10 Å². The number of hydrogen-bond acceptors (Lipinski definition) is 2. The van der Waals surface area contributed by atoms with Gasteiger partial charge in [-0.05, 0) is 50.1 Å². The van der Waals surface area contributed by atoms with Crippen molar-refractivity contribution in [3.63, 3.8) is 0 Å². The first-order valence-corrected chi connectivity index (χ1v) is 6.67. The van der Waals surface area contributed by atoms with Crippen LogP contribution in [0.5, 0.6) is 0 Å². The molecule has 2 nitrogen and oxygen atoms in total. The van der Waals surface area contributed by atoms with Crippen molar-refractivity contribution >= 4 is 11.6 Å². The molecule has 0 fully saturated rings. The lowest BCUT2D eigenvalue weighted by Crippen LogP contribution is -2.23. The van der Waals surface area contributed by atoms with Gasteiger partial charge in [-0.25, -0.2) is 4.39 Å². The van der Waals surface area contributed by atoms with Crippen LogP contribution in [-0.4, -0.2) is 19.8 Å². The third kappa shape index (κ3) is 4.56. The first kappa shape index (κ1) is 15.4. The zero-order chi connectivity index (χ0) is 13.5. The van der Waals surface area contributed by atoms with Gasteiger partial charge in [0.25, 0.3) is 0 Å². The van der Waals surface area contributed by atoms with Crippen LogP contribution >= 0.6 is 11.6 Å². The van der Waals surface area contributed by atoms with E-state index in [0.29, 0.717) is 5.02 Å². The van der Waals surface area contributed by atoms with Crippen LogP contribution < -0.4 is 5.32 Å². The predicted octanol–water partition coefficient (Wildman–Crippen LogP) is 3.94. The molecule has 0 heterocycles. The van der Waals surface area contributed by atoms with E-state index in [1.807, 2.05) is 13.8 Å². The number of methoxy groups -OCH3 is 1. The lowest BCUT2D eigenvalue weighted by atomic mass is 10.00. The second-order valence-electron chi connectivity index (χ2n) is 4.40. The van der Waals surface area contributed by atoms with Gasteiger partial charge in [-0.3, -0.25) is 0 Å². The molecule has 0 amide bonds. The summed E-state index contributed by atoms with van der Waals surface area (Å²) in [5, 5.41) is 3.94. The Morgan fingerprint density at radius 1 is 1.39 bits per heavy atom. The Balaban J connectivity index is 2.79. The number of halogens is 2. The highest BCUT2D eigenvalue weighted by molar-refractivity contribution is 6.31. The molecule has 0 radical (unpaired) electrons. The van der Waals surface area contributed by atoms with Crippen LogP contribution in [0.2, 0.25) is 5.02 Å². The van der Waals surface area contributed by atoms with Gasteiger partial charge >= 0.3 is 0 Å². The molecular weight excluding hydrogens is 253 g/mol. The van der Waals surface area contributed by atoms with Crippen LogP contribution in [0.3, 0.4) is 0 Å². The van der Waals surface area contributed by atoms with Gasteiger partial charge in [-0.2, -0.15) is 0 Å². The maximum Gasteiger partial charge on any atom is 0.123 e. The first-order valence-electron chi connectivity index (χ1n) is 6.29. The van der Waals surface area contributed by atoms with Crippen LogP contribution in [-0.2, 0) is 4.74 Å². The highest BCUT2D eigenvalue weighted by atomic mass is 35.5. The highest BCUT2D eigenvalue weighted by Gasteiger charge is 2.15. The van der Waals surface area contributed by atoms with Crippen molar-refractivity contribution in [3.8, 4) is 0 Å². The molecular formula is C14H21ClFNO. The third-order valence-corrected chi connectivity index (χ3v) is 3.39. The Kier molecular flexibility index (Phi) is 6.61. The summed E-state index contributed by atoms with van der Waals surface area (Å²) in [6.45, 7) is 4.87. The highest BCUT2D eigenvalue weighted by Crippen LogP contribution is 2.27. The molecule has 0 aliphatic rings. The SMILES string of the molecule is CCNC(CCC(C)OC)c1cc(F)ccc1Cl. The molecule has 1 aromatic rings. The summed E-state index contributed by atoms with van der Waals surface area (Å²) in [6, 6.07) is 4.56. The molecule has 0 bridgehead atoms. The Morgan fingerprint density at radius 2 is 2.11 bits per heavy atom. The molecule has 0 aliphatic carbocycles. The van der Waals surface area contributed by atoms with Gasteiger partial charge in [-0.15, -0.1) is 0 Å². The Hall–Kier alpha value is -0.640. The van der Waals surface area contributed by atoms with Crippen molar-refractivity contribution in [1.82, 2.24) is 5.32 Å². The van der Waals surface area contributed by atoms with Gasteiger partial charge in [-0.1, -0.05) is 18.5 Å². The van der Waals surface area contributed by atoms with E-state index in [-0.39, 0.29) is 18.0 Å². The van der Waals surface area contributed by atoms with E-state index in [2.05, 4.69) is 5.32 Å². The number of ether oxygens (including phenoxy) is 1. The van der Waals surface area contributed by atoms with Crippen molar-refractivity contribution in [2.75, 3.05) is 13.7 Å². The third-order valence-electron chi connectivity index (χ3n) is 3.05. The maximum absolute atomic E-state index is 13.3. The number of benzene rings is 1. The van der Waals surface area contributed by atoms with E-state index in [1.54, 1.807) is 13.2 Å². The van der Waals surface area contributed by atoms with Crippen LogP contribution in [0.1, 0.15) is 38.3 Å². The minimum Gasteiger partial charge on any atom is -0.382 e. The molecule has 0 spiro atoms. The Morgan fingerprint density at radius 3 is 2.72 bits per heavy atom. The smallest absolute Gasteiger partial charge is 0.123 e. The average molecular weight is 274 g/mol. The molecule has 0 aromatic heterocycles. The van der Waals surface area contributed by atoms with Crippen LogP contribution in [0.25, 0.3) is 0 Å². The molecule has 2 atom stereocenters. The number of nitrogens with one attached hydrogen (secondary N) is 1. The van der Waals surface area contributed by atoms with Crippen molar-refractivity contribution < 1.29 is 9.13 Å². The quantitative estimate of drug-likeness (QED) is 0.812. The molecule has 18 heavy (non-hydrogen) atoms. The molecule has 1 N–H and O–H groups in total. The van der Waals surface area contributed by atoms with Crippen molar-refractivity contribution in [2.24, 2.45) is 0 Å². The number of hydrogen-bond donors (Lipinski definition) is 1. The fourth-order valence-electron chi connectivity index (χ4n) is 1.91. The standard InChI is InChI=1S/C14H21ClFNO/c1-4-17-14(8-5-10(2)18-3)12-9-11(16)6-7-13(12)15/h6-7,9-10,14,17H,4-5,8H2,1-3H3. The molecule has 4 heteroatoms. The maximum atomic E-state index is 13.3. The zero-order valence-corrected chi connectivity index (χ0v) is 11.9. The van der Waals surface area contributed by atoms with Gasteiger partial charge in [0.15, 0.2) is 0 Å². The summed E-state index contributed by atoms with van der Waals surface area (Å²) in [5.74, 6) is -0.253. The van der Waals surface area contributed by atoms with Crippen LogP contribution in [0.15, 0.2) is 18.2 Å². The zero-order valence-electron chi connectivity index (χ0n) is 11.2. The first-order chi connectivity index (χ1) is 8.58. The molecule has 1 aromatic carbocycles. The van der Waals surface area contributed by atoms with Gasteiger partial charge in [0, 0.05) is 18.2 Å². The van der Waals surface area contributed by atoms with Crippen molar-refractivity contribution in [2.45, 2.75) is 38.8 Å². The average Bonchev–Trinajstić information content (AvgIpc) is 2.37. The number of rotatable bonds is 7. The Labute approximate surface area is 113 Å². The lowest BCUT2D eigenvalue weighted by molar-refractivity contribution is 0.106. The lowest BCUT2D eigenvalue weighted by Gasteiger charge is -2.21. The van der Waals surface area contributed by atoms with E-state index in [1.165, 1.54) is 12.1 Å². The minimum atomic E-state index is -0.253. The summed E-state index contributed by atoms with van der Waals surface area (Å²) in [7, 11) is 1.70. The summed E-state index contributed by atoms with van der Waals surface area (Å²) in [5.41, 5.74) is 0.821. The van der Waals surface area contributed by atoms with E-state index < -0.39 is 0 Å². The van der Waals surface area contributed by atoms with E-state index in [9.17, 15) is 4.39 Å². The molecule has 2 unspecified atom stereocenters. The van der Waals surface area contributed by atoms with E-state index in [4.69, 9.17) is 16.3 Å². The molecule has 1 rings (SSSR count). The van der Waals surface area contributed by atoms with Crippen LogP contribution in [0, 0.1) is 5.82 Å². The fraction of sp³-hybridized carbons (Fsp3) is 0.571. The second kappa shape index (κ2) is 7.72. The minimum absolute atomic E-state index is 0.0656. The van der Waals surface area contributed by atoms with Crippen LogP contribution in [0.4, 0.5) is 4.39 Å². The normalized spacial score (nSPS) is 14.5. The van der Waals surface area contributed by atoms with E-state index >= 15 is 0 Å². The van der Waals surface area contributed by atoms with Gasteiger partial charge in [0.1, 0.15) is 5.82 Å². The van der Waals surface area contributed by atoms with Crippen molar-refractivity contribution in [3.05, 3.63) is 34.6 Å². The second-order valence-corrected chi connectivity index (χ2v) is 4.81. The summed E-state index contributed by atoms with van der Waals surface area (Å²) >= 11 is 6.14. The molecule has 0 saturated heterocycles. The molecule has 0 saturated carbocycles. The van der Waals surface area contributed by atoms with Crippen molar-refractivity contribution in [1.29, 1.82) is 0 Å². The topological polar surface area (TPSA) is 21.3 Å². The molecule has 102 valence electrons. The summed E-state index contributed by atoms with van der Waals surface area (Å²) in [4.78, 5) is 0. The van der Waals surface area contributed by atoms with Gasteiger partial charge < -0.3 is 10.1 Å². The summed E-state index contributed by atoms with van der Waals surface area (Å²) in [6.07, 6.45) is 1.96. The predicted molar refractivity (Wildman–Crippen MR) is 73.5 cm³/mol. The monoisotopic (exact) mass is 273 g/mol. The molecule has 0 aliphatic heterocycles.